The van der Waals surface area contributed by atoms with Gasteiger partial charge in [-0.15, -0.1) is 5.10 Å². The first kappa shape index (κ1) is 23.0. The summed E-state index contributed by atoms with van der Waals surface area (Å²) >= 11 is 0. The molecule has 11 heteroatoms. The van der Waals surface area contributed by atoms with Crippen molar-refractivity contribution in [2.75, 3.05) is 14.1 Å². The van der Waals surface area contributed by atoms with Crippen LogP contribution in [0.15, 0.2) is 52.5 Å². The number of aliphatic carboxylic acids is 2. The van der Waals surface area contributed by atoms with Crippen LogP contribution in [-0.2, 0) is 16.0 Å². The summed E-state index contributed by atoms with van der Waals surface area (Å²) in [4.78, 5) is 37.2. The Hall–Kier alpha value is -4.67. The third-order valence-corrected chi connectivity index (χ3v) is 4.54. The van der Waals surface area contributed by atoms with E-state index in [1.807, 2.05) is 44.5 Å². The van der Waals surface area contributed by atoms with Crippen LogP contribution < -0.4 is 16.1 Å². The van der Waals surface area contributed by atoms with Gasteiger partial charge in [0.2, 0.25) is 5.82 Å². The zero-order chi connectivity index (χ0) is 24.0. The normalized spacial score (nSPS) is 13.6. The number of carboxylic acids is 2. The minimum Gasteiger partial charge on any atom is -0.478 e. The zero-order valence-corrected chi connectivity index (χ0v) is 17.8. The predicted molar refractivity (Wildman–Crippen MR) is 118 cm³/mol. The lowest BCUT2D eigenvalue weighted by molar-refractivity contribution is -0.134. The Bertz CT molecular complexity index is 1290. The molecule has 0 saturated heterocycles. The van der Waals surface area contributed by atoms with E-state index in [0.717, 1.165) is 28.4 Å². The maximum Gasteiger partial charge on any atom is 0.328 e. The van der Waals surface area contributed by atoms with Gasteiger partial charge in [-0.1, -0.05) is 6.08 Å². The molecule has 1 amide bonds. The number of furan rings is 1. The average molecular weight is 451 g/mol. The largest absolute Gasteiger partial charge is 0.478 e. The Kier molecular flexibility index (Phi) is 7.03. The summed E-state index contributed by atoms with van der Waals surface area (Å²) < 4.78 is 5.95. The number of aromatic amines is 1. The maximum absolute atomic E-state index is 12.2. The number of carboxylic acid groups (broad SMARTS) is 2. The second-order valence-electron chi connectivity index (χ2n) is 7.03. The minimum atomic E-state index is -1.26. The van der Waals surface area contributed by atoms with Gasteiger partial charge in [-0.2, -0.15) is 0 Å². The van der Waals surface area contributed by atoms with Gasteiger partial charge in [-0.25, -0.2) is 14.6 Å². The van der Waals surface area contributed by atoms with E-state index in [4.69, 9.17) is 14.6 Å². The van der Waals surface area contributed by atoms with Crippen LogP contribution >= 0.6 is 0 Å². The van der Waals surface area contributed by atoms with Crippen molar-refractivity contribution in [3.63, 3.8) is 0 Å². The van der Waals surface area contributed by atoms with Gasteiger partial charge in [-0.05, 0) is 30.4 Å². The van der Waals surface area contributed by atoms with Crippen LogP contribution in [0.5, 0.6) is 0 Å². The smallest absolute Gasteiger partial charge is 0.328 e. The van der Waals surface area contributed by atoms with Gasteiger partial charge in [0.1, 0.15) is 17.2 Å². The van der Waals surface area contributed by atoms with Gasteiger partial charge >= 0.3 is 11.9 Å². The van der Waals surface area contributed by atoms with E-state index < -0.39 is 11.9 Å². The Morgan fingerprint density at radius 2 is 1.85 bits per heavy atom. The highest BCUT2D eigenvalue weighted by atomic mass is 16.4. The molecule has 2 aliphatic rings. The van der Waals surface area contributed by atoms with Crippen molar-refractivity contribution in [1.82, 2.24) is 25.4 Å². The van der Waals surface area contributed by atoms with Crippen molar-refractivity contribution < 1.29 is 29.0 Å². The minimum absolute atomic E-state index is 0.100. The average Bonchev–Trinajstić information content (AvgIpc) is 3.37. The number of nitrogens with zero attached hydrogens (tertiary/aromatic N) is 3. The van der Waals surface area contributed by atoms with Gasteiger partial charge in [0.05, 0.1) is 0 Å². The fourth-order valence-electron chi connectivity index (χ4n) is 3.00. The lowest BCUT2D eigenvalue weighted by Crippen LogP contribution is -2.23. The van der Waals surface area contributed by atoms with Crippen molar-refractivity contribution in [1.29, 1.82) is 0 Å². The van der Waals surface area contributed by atoms with Crippen molar-refractivity contribution in [3.05, 3.63) is 75.9 Å². The van der Waals surface area contributed by atoms with Crippen molar-refractivity contribution >= 4 is 36.1 Å². The molecule has 0 radical (unpaired) electrons. The maximum atomic E-state index is 12.2. The molecular weight excluding hydrogens is 430 g/mol. The summed E-state index contributed by atoms with van der Waals surface area (Å²) in [6, 6.07) is 0. The third-order valence-electron chi connectivity index (χ3n) is 4.54. The van der Waals surface area contributed by atoms with Crippen molar-refractivity contribution in [3.8, 4) is 0 Å². The molecule has 170 valence electrons. The molecule has 2 aromatic rings. The van der Waals surface area contributed by atoms with Crippen molar-refractivity contribution in [2.24, 2.45) is 0 Å². The van der Waals surface area contributed by atoms with Crippen LogP contribution in [-0.4, -0.2) is 62.2 Å². The van der Waals surface area contributed by atoms with E-state index >= 15 is 0 Å². The number of carbonyl (C=O) groups is 3. The molecular formula is C22H21N5O6. The van der Waals surface area contributed by atoms with Crippen molar-refractivity contribution in [2.45, 2.75) is 6.42 Å². The van der Waals surface area contributed by atoms with E-state index in [2.05, 4.69) is 31.5 Å². The second kappa shape index (κ2) is 10.1. The van der Waals surface area contributed by atoms with Crippen LogP contribution in [0.3, 0.4) is 0 Å². The molecule has 4 N–H and O–H groups in total. The van der Waals surface area contributed by atoms with E-state index in [1.165, 1.54) is 12.0 Å². The number of hydrogen-bond acceptors (Lipinski definition) is 7. The highest BCUT2D eigenvalue weighted by Gasteiger charge is 2.18. The summed E-state index contributed by atoms with van der Waals surface area (Å²) in [6.45, 7) is 0. The number of allylic oxidation sites excluding steroid dienone is 4. The van der Waals surface area contributed by atoms with Crippen LogP contribution in [0.25, 0.3) is 18.2 Å². The van der Waals surface area contributed by atoms with Gasteiger partial charge < -0.3 is 24.8 Å². The van der Waals surface area contributed by atoms with Crippen LogP contribution in [0.4, 0.5) is 0 Å². The van der Waals surface area contributed by atoms with E-state index in [9.17, 15) is 14.4 Å². The fourth-order valence-corrected chi connectivity index (χ4v) is 3.00. The summed E-state index contributed by atoms with van der Waals surface area (Å²) in [7, 11) is 4.05. The quantitative estimate of drug-likeness (QED) is 0.459. The number of amides is 1. The number of hydrogen-bond donors (Lipinski definition) is 4. The summed E-state index contributed by atoms with van der Waals surface area (Å²) in [5.41, 5.74) is 5.60. The Morgan fingerprint density at radius 3 is 2.45 bits per heavy atom. The summed E-state index contributed by atoms with van der Waals surface area (Å²) in [5, 5.41) is 24.8. The summed E-state index contributed by atoms with van der Waals surface area (Å²) in [6.07, 6.45) is 14.8. The molecule has 33 heavy (non-hydrogen) atoms. The molecule has 2 aliphatic carbocycles. The third kappa shape index (κ3) is 5.94. The molecule has 4 rings (SSSR count). The highest BCUT2D eigenvalue weighted by Crippen LogP contribution is 2.17. The Labute approximate surface area is 187 Å². The molecule has 0 aromatic carbocycles. The van der Waals surface area contributed by atoms with Crippen LogP contribution in [0.2, 0.25) is 0 Å². The van der Waals surface area contributed by atoms with E-state index in [-0.39, 0.29) is 11.7 Å². The fraction of sp³-hybridized carbons (Fsp3) is 0.136. The molecule has 0 unspecified atom stereocenters. The van der Waals surface area contributed by atoms with Crippen LogP contribution in [0.1, 0.15) is 21.7 Å². The molecule has 11 nitrogen and oxygen atoms in total. The SMILES string of the molecule is CN(C)C1=CC=c2oc3c(c2C1)C=C(NC(=O)c1nc[nH]n1)C=CC=3.O=C(O)/C=C/C(=O)O. The number of nitrogens with one attached hydrogen (secondary N) is 2. The van der Waals surface area contributed by atoms with Crippen LogP contribution in [0, 0.1) is 0 Å². The molecule has 0 spiro atoms. The van der Waals surface area contributed by atoms with E-state index in [1.54, 1.807) is 0 Å². The standard InChI is InChI=1S/C18H17N5O2.C4H4O4/c1-23(2)12-6-7-16-14(9-12)13-8-11(4-3-5-15(13)25-16)21-18(24)17-19-10-20-22-17;5-3(6)1-2-4(7)8/h3-8,10H,9H2,1-2H3,(H,21,24)(H,19,20,22);1-2H,(H,5,6)(H,7,8)/b;2-1+. The first-order valence-corrected chi connectivity index (χ1v) is 9.65. The molecule has 2 heterocycles. The van der Waals surface area contributed by atoms with Gasteiger partial charge in [0, 0.05) is 55.2 Å². The number of fused-ring (bicyclic) bond motifs is 3. The number of aromatic nitrogens is 3. The Balaban J connectivity index is 0.000000331. The number of rotatable bonds is 5. The topological polar surface area (TPSA) is 162 Å². The summed E-state index contributed by atoms with van der Waals surface area (Å²) in [5.74, 6) is -2.78. The number of carbonyl (C=O) groups excluding carboxylic acids is 1. The van der Waals surface area contributed by atoms with E-state index in [0.29, 0.717) is 17.8 Å². The van der Waals surface area contributed by atoms with Gasteiger partial charge in [-0.3, -0.25) is 9.89 Å². The molecule has 0 bridgehead atoms. The first-order valence-electron chi connectivity index (χ1n) is 9.65. The Morgan fingerprint density at radius 1 is 1.12 bits per heavy atom. The number of likely N-dealkylation sites (N-methyl/N-ethyl adjacent to an activating group) is 1. The molecule has 0 aliphatic heterocycles. The lowest BCUT2D eigenvalue weighted by Gasteiger charge is -2.18. The van der Waals surface area contributed by atoms with Gasteiger partial charge in [0.15, 0.2) is 0 Å². The second-order valence-corrected chi connectivity index (χ2v) is 7.03. The molecule has 0 atom stereocenters. The van der Waals surface area contributed by atoms with Gasteiger partial charge in [0.25, 0.3) is 5.91 Å². The molecule has 2 aromatic heterocycles. The highest BCUT2D eigenvalue weighted by molar-refractivity contribution is 5.92. The number of H-pyrrole nitrogens is 1. The molecule has 0 fully saturated rings. The zero-order valence-electron chi connectivity index (χ0n) is 17.8. The predicted octanol–water partition coefficient (Wildman–Crippen LogP) is 0.0128. The first-order chi connectivity index (χ1) is 15.7. The molecule has 0 saturated carbocycles. The lowest BCUT2D eigenvalue weighted by atomic mass is 10.0. The monoisotopic (exact) mass is 451 g/mol.